The molecular weight excluding hydrogens is 287 g/mol. The first kappa shape index (κ1) is 13.7. The number of halogens is 2. The van der Waals surface area contributed by atoms with Crippen molar-refractivity contribution in [2.75, 3.05) is 18.1 Å². The van der Waals surface area contributed by atoms with Gasteiger partial charge in [-0.15, -0.1) is 0 Å². The molecule has 19 heavy (non-hydrogen) atoms. The molecule has 0 fully saturated rings. The summed E-state index contributed by atoms with van der Waals surface area (Å²) in [5, 5.41) is 0.891. The normalized spacial score (nSPS) is 10.5. The lowest BCUT2D eigenvalue weighted by molar-refractivity contribution is 0.340. The van der Waals surface area contributed by atoms with Crippen LogP contribution in [0.3, 0.4) is 0 Å². The summed E-state index contributed by atoms with van der Waals surface area (Å²) in [4.78, 5) is 7.89. The number of ether oxygens (including phenoxy) is 1. The van der Waals surface area contributed by atoms with Crippen molar-refractivity contribution in [1.82, 2.24) is 9.97 Å². The fraction of sp³-hybridized carbons (Fsp3) is 0.167. The van der Waals surface area contributed by atoms with Crippen LogP contribution in [0.4, 0.5) is 11.8 Å². The quantitative estimate of drug-likeness (QED) is 0.909. The van der Waals surface area contributed by atoms with Crippen molar-refractivity contribution < 1.29 is 4.74 Å². The Morgan fingerprint density at radius 2 is 1.84 bits per heavy atom. The molecule has 0 atom stereocenters. The maximum absolute atomic E-state index is 6.20. The molecule has 0 saturated heterocycles. The Morgan fingerprint density at radius 1 is 1.11 bits per heavy atom. The van der Waals surface area contributed by atoms with E-state index >= 15 is 0 Å². The van der Waals surface area contributed by atoms with Crippen LogP contribution in [-0.2, 0) is 0 Å². The topological polar surface area (TPSA) is 87.0 Å². The highest BCUT2D eigenvalue weighted by Crippen LogP contribution is 2.36. The van der Waals surface area contributed by atoms with E-state index in [-0.39, 0.29) is 11.8 Å². The standard InChI is InChI=1S/C12H12Cl2N4O/c1-2-19-10-4-7(13)6(3-8(10)14)9-5-11(15)18-12(16)17-9/h3-5H,2H2,1H3,(H4,15,16,17,18). The van der Waals surface area contributed by atoms with Crippen LogP contribution < -0.4 is 16.2 Å². The maximum Gasteiger partial charge on any atom is 0.222 e. The van der Waals surface area contributed by atoms with Gasteiger partial charge in [-0.3, -0.25) is 0 Å². The highest BCUT2D eigenvalue weighted by atomic mass is 35.5. The van der Waals surface area contributed by atoms with Crippen LogP contribution in [0.1, 0.15) is 6.92 Å². The van der Waals surface area contributed by atoms with Gasteiger partial charge in [-0.1, -0.05) is 23.2 Å². The summed E-state index contributed by atoms with van der Waals surface area (Å²) < 4.78 is 5.36. The molecule has 0 spiro atoms. The molecule has 100 valence electrons. The van der Waals surface area contributed by atoms with E-state index < -0.39 is 0 Å². The van der Waals surface area contributed by atoms with Crippen LogP contribution >= 0.6 is 23.2 Å². The number of anilines is 2. The van der Waals surface area contributed by atoms with E-state index in [1.165, 1.54) is 0 Å². The summed E-state index contributed by atoms with van der Waals surface area (Å²) in [7, 11) is 0. The molecule has 4 N–H and O–H groups in total. The number of aromatic nitrogens is 2. The molecule has 0 unspecified atom stereocenters. The maximum atomic E-state index is 6.20. The fourth-order valence-electron chi connectivity index (χ4n) is 1.61. The second-order valence-corrected chi connectivity index (χ2v) is 4.55. The first-order chi connectivity index (χ1) is 9.01. The highest BCUT2D eigenvalue weighted by molar-refractivity contribution is 6.36. The summed E-state index contributed by atoms with van der Waals surface area (Å²) in [5.41, 5.74) is 12.3. The Morgan fingerprint density at radius 3 is 2.47 bits per heavy atom. The molecule has 2 rings (SSSR count). The molecule has 5 nitrogen and oxygen atoms in total. The largest absolute Gasteiger partial charge is 0.492 e. The summed E-state index contributed by atoms with van der Waals surface area (Å²) in [6.45, 7) is 2.37. The summed E-state index contributed by atoms with van der Waals surface area (Å²) >= 11 is 12.3. The van der Waals surface area contributed by atoms with Gasteiger partial charge in [0.05, 0.1) is 22.3 Å². The number of hydrogen-bond donors (Lipinski definition) is 2. The minimum atomic E-state index is 0.0797. The van der Waals surface area contributed by atoms with Gasteiger partial charge in [0, 0.05) is 17.7 Å². The van der Waals surface area contributed by atoms with Crippen LogP contribution in [0.2, 0.25) is 10.0 Å². The van der Waals surface area contributed by atoms with Crippen molar-refractivity contribution >= 4 is 35.0 Å². The van der Waals surface area contributed by atoms with Crippen LogP contribution in [0, 0.1) is 0 Å². The monoisotopic (exact) mass is 298 g/mol. The number of rotatable bonds is 3. The number of hydrogen-bond acceptors (Lipinski definition) is 5. The van der Waals surface area contributed by atoms with Gasteiger partial charge in [0.2, 0.25) is 5.95 Å². The number of nitrogen functional groups attached to an aromatic ring is 2. The van der Waals surface area contributed by atoms with E-state index in [9.17, 15) is 0 Å². The molecule has 0 aliphatic rings. The Hall–Kier alpha value is -1.72. The van der Waals surface area contributed by atoms with Crippen molar-refractivity contribution in [2.24, 2.45) is 0 Å². The molecule has 0 amide bonds. The summed E-state index contributed by atoms with van der Waals surface area (Å²) in [5.74, 6) is 0.868. The van der Waals surface area contributed by atoms with Crippen molar-refractivity contribution in [3.05, 3.63) is 28.2 Å². The van der Waals surface area contributed by atoms with Gasteiger partial charge in [0.25, 0.3) is 0 Å². The van der Waals surface area contributed by atoms with Crippen molar-refractivity contribution in [3.8, 4) is 17.0 Å². The predicted molar refractivity (Wildman–Crippen MR) is 77.5 cm³/mol. The Bertz CT molecular complexity index is 599. The molecule has 2 aromatic rings. The third-order valence-corrected chi connectivity index (χ3v) is 2.97. The average molecular weight is 299 g/mol. The lowest BCUT2D eigenvalue weighted by Crippen LogP contribution is -2.01. The first-order valence-electron chi connectivity index (χ1n) is 5.53. The van der Waals surface area contributed by atoms with E-state index in [2.05, 4.69) is 9.97 Å². The van der Waals surface area contributed by atoms with Crippen LogP contribution in [0.5, 0.6) is 5.75 Å². The van der Waals surface area contributed by atoms with Crippen molar-refractivity contribution in [3.63, 3.8) is 0 Å². The summed E-state index contributed by atoms with van der Waals surface area (Å²) in [6, 6.07) is 4.88. The van der Waals surface area contributed by atoms with Gasteiger partial charge in [-0.05, 0) is 13.0 Å². The predicted octanol–water partition coefficient (Wildman–Crippen LogP) is 3.01. The van der Waals surface area contributed by atoms with Crippen LogP contribution in [0.25, 0.3) is 11.3 Å². The van der Waals surface area contributed by atoms with Crippen LogP contribution in [-0.4, -0.2) is 16.6 Å². The SMILES string of the molecule is CCOc1cc(Cl)c(-c2cc(N)nc(N)n2)cc1Cl. The number of benzene rings is 1. The van der Waals surface area contributed by atoms with Gasteiger partial charge in [0.1, 0.15) is 11.6 Å². The number of nitrogens with zero attached hydrogens (tertiary/aromatic N) is 2. The minimum absolute atomic E-state index is 0.0797. The zero-order valence-corrected chi connectivity index (χ0v) is 11.7. The molecule has 0 saturated carbocycles. The van der Waals surface area contributed by atoms with Gasteiger partial charge < -0.3 is 16.2 Å². The molecule has 0 aliphatic carbocycles. The van der Waals surface area contributed by atoms with Crippen molar-refractivity contribution in [1.29, 1.82) is 0 Å². The second kappa shape index (κ2) is 5.50. The summed E-state index contributed by atoms with van der Waals surface area (Å²) in [6.07, 6.45) is 0. The van der Waals surface area contributed by atoms with Crippen molar-refractivity contribution in [2.45, 2.75) is 6.92 Å². The van der Waals surface area contributed by atoms with Crippen LogP contribution in [0.15, 0.2) is 18.2 Å². The van der Waals surface area contributed by atoms with E-state index in [4.69, 9.17) is 39.4 Å². The lowest BCUT2D eigenvalue weighted by Gasteiger charge is -2.10. The lowest BCUT2D eigenvalue weighted by atomic mass is 10.1. The third-order valence-electron chi connectivity index (χ3n) is 2.36. The average Bonchev–Trinajstić information content (AvgIpc) is 2.32. The smallest absolute Gasteiger partial charge is 0.222 e. The molecule has 1 heterocycles. The van der Waals surface area contributed by atoms with Gasteiger partial charge in [-0.25, -0.2) is 4.98 Å². The zero-order chi connectivity index (χ0) is 14.0. The molecule has 0 bridgehead atoms. The Labute approximate surface area is 120 Å². The van der Waals surface area contributed by atoms with Gasteiger partial charge in [-0.2, -0.15) is 4.98 Å². The van der Waals surface area contributed by atoms with E-state index in [0.29, 0.717) is 33.7 Å². The van der Waals surface area contributed by atoms with E-state index in [1.54, 1.807) is 18.2 Å². The van der Waals surface area contributed by atoms with E-state index in [0.717, 1.165) is 0 Å². The first-order valence-corrected chi connectivity index (χ1v) is 6.29. The molecule has 0 radical (unpaired) electrons. The van der Waals surface area contributed by atoms with Gasteiger partial charge >= 0.3 is 0 Å². The Kier molecular flexibility index (Phi) is 3.97. The number of nitrogens with two attached hydrogens (primary N) is 2. The molecule has 0 aliphatic heterocycles. The highest BCUT2D eigenvalue weighted by Gasteiger charge is 2.12. The zero-order valence-electron chi connectivity index (χ0n) is 10.2. The third kappa shape index (κ3) is 3.00. The molecular formula is C12H12Cl2N4O. The van der Waals surface area contributed by atoms with Gasteiger partial charge in [0.15, 0.2) is 0 Å². The Balaban J connectivity index is 2.53. The second-order valence-electron chi connectivity index (χ2n) is 3.73. The minimum Gasteiger partial charge on any atom is -0.492 e. The molecule has 1 aromatic heterocycles. The molecule has 1 aromatic carbocycles. The fourth-order valence-corrected chi connectivity index (χ4v) is 2.08. The molecule has 7 heteroatoms. The van der Waals surface area contributed by atoms with E-state index in [1.807, 2.05) is 6.92 Å².